The lowest BCUT2D eigenvalue weighted by Crippen LogP contribution is -2.26. The van der Waals surface area contributed by atoms with E-state index in [1.807, 2.05) is 55.6 Å². The van der Waals surface area contributed by atoms with Crippen LogP contribution in [0.1, 0.15) is 12.8 Å². The Balaban J connectivity index is 1.65. The molecule has 1 fully saturated rings. The second-order valence-electron chi connectivity index (χ2n) is 6.05. The highest BCUT2D eigenvalue weighted by atomic mass is 16.5. The zero-order valence-corrected chi connectivity index (χ0v) is 13.5. The molecule has 1 N–H and O–H groups in total. The van der Waals surface area contributed by atoms with E-state index in [2.05, 4.69) is 9.88 Å². The van der Waals surface area contributed by atoms with Crippen molar-refractivity contribution in [3.63, 3.8) is 0 Å². The number of carbonyl (C=O) groups excluding carboxylic acids is 1. The van der Waals surface area contributed by atoms with Crippen molar-refractivity contribution < 1.29 is 9.53 Å². The number of nitrogens with zero attached hydrogens (tertiary/aromatic N) is 2. The van der Waals surface area contributed by atoms with Gasteiger partial charge in [-0.25, -0.2) is 4.98 Å². The van der Waals surface area contributed by atoms with Crippen molar-refractivity contribution in [1.29, 1.82) is 0 Å². The number of hydrogen-bond acceptors (Lipinski definition) is 3. The van der Waals surface area contributed by atoms with Crippen LogP contribution in [0.25, 0.3) is 22.4 Å². The van der Waals surface area contributed by atoms with E-state index in [4.69, 9.17) is 9.72 Å². The predicted molar refractivity (Wildman–Crippen MR) is 93.8 cm³/mol. The van der Waals surface area contributed by atoms with Crippen molar-refractivity contribution in [3.05, 3.63) is 48.5 Å². The molecule has 1 aliphatic rings. The molecule has 1 unspecified atom stereocenters. The van der Waals surface area contributed by atoms with Gasteiger partial charge in [-0.1, -0.05) is 30.3 Å². The smallest absolute Gasteiger partial charge is 0.253 e. The van der Waals surface area contributed by atoms with Crippen LogP contribution in [0.2, 0.25) is 0 Å². The van der Waals surface area contributed by atoms with Crippen LogP contribution in [0, 0.1) is 0 Å². The van der Waals surface area contributed by atoms with Gasteiger partial charge in [-0.15, -0.1) is 0 Å². The molecule has 0 radical (unpaired) electrons. The molecule has 0 aliphatic carbocycles. The van der Waals surface area contributed by atoms with Crippen LogP contribution in [0.5, 0.6) is 0 Å². The summed E-state index contributed by atoms with van der Waals surface area (Å²) in [5.74, 6) is 0.833. The maximum atomic E-state index is 12.2. The Morgan fingerprint density at radius 1 is 1.25 bits per heavy atom. The quantitative estimate of drug-likeness (QED) is 0.805. The number of anilines is 1. The standard InChI is InChI=1S/C19H19N3O2/c1-22-16-10-9-14(20-19(23)17-8-5-11-24-17)12-15(16)21-18(22)13-6-3-2-4-7-13/h2-4,6-7,9-10,12,17H,5,8,11H2,1H3,(H,20,23). The zero-order valence-electron chi connectivity index (χ0n) is 13.5. The minimum Gasteiger partial charge on any atom is -0.368 e. The van der Waals surface area contributed by atoms with Crippen molar-refractivity contribution in [2.45, 2.75) is 18.9 Å². The van der Waals surface area contributed by atoms with E-state index in [0.717, 1.165) is 41.0 Å². The van der Waals surface area contributed by atoms with Crippen molar-refractivity contribution in [1.82, 2.24) is 9.55 Å². The number of nitrogens with one attached hydrogen (secondary N) is 1. The molecule has 1 aliphatic heterocycles. The maximum Gasteiger partial charge on any atom is 0.253 e. The number of aromatic nitrogens is 2. The molecule has 3 aromatic rings. The van der Waals surface area contributed by atoms with Gasteiger partial charge in [0.15, 0.2) is 0 Å². The number of benzene rings is 2. The highest BCUT2D eigenvalue weighted by Gasteiger charge is 2.23. The Bertz CT molecular complexity index is 880. The fraction of sp³-hybridized carbons (Fsp3) is 0.263. The molecule has 0 bridgehead atoms. The summed E-state index contributed by atoms with van der Waals surface area (Å²) in [4.78, 5) is 16.9. The van der Waals surface area contributed by atoms with Gasteiger partial charge in [0.2, 0.25) is 0 Å². The van der Waals surface area contributed by atoms with Gasteiger partial charge in [-0.2, -0.15) is 0 Å². The largest absolute Gasteiger partial charge is 0.368 e. The van der Waals surface area contributed by atoms with Crippen LogP contribution in [-0.2, 0) is 16.6 Å². The Morgan fingerprint density at radius 3 is 2.83 bits per heavy atom. The molecule has 1 saturated heterocycles. The van der Waals surface area contributed by atoms with Crippen molar-refractivity contribution in [3.8, 4) is 11.4 Å². The third kappa shape index (κ3) is 2.67. The molecule has 24 heavy (non-hydrogen) atoms. The molecule has 2 aromatic carbocycles. The topological polar surface area (TPSA) is 56.2 Å². The van der Waals surface area contributed by atoms with Gasteiger partial charge < -0.3 is 14.6 Å². The number of hydrogen-bond donors (Lipinski definition) is 1. The van der Waals surface area contributed by atoms with Crippen molar-refractivity contribution in [2.24, 2.45) is 7.05 Å². The Hall–Kier alpha value is -2.66. The summed E-state index contributed by atoms with van der Waals surface area (Å²) in [6, 6.07) is 15.9. The summed E-state index contributed by atoms with van der Waals surface area (Å²) in [5.41, 5.74) is 3.72. The normalized spacial score (nSPS) is 17.3. The summed E-state index contributed by atoms with van der Waals surface area (Å²) < 4.78 is 7.49. The van der Waals surface area contributed by atoms with Crippen LogP contribution in [0.15, 0.2) is 48.5 Å². The molecule has 1 amide bonds. The van der Waals surface area contributed by atoms with E-state index in [1.54, 1.807) is 0 Å². The second-order valence-corrected chi connectivity index (χ2v) is 6.05. The van der Waals surface area contributed by atoms with E-state index >= 15 is 0 Å². The summed E-state index contributed by atoms with van der Waals surface area (Å²) in [7, 11) is 2.00. The van der Waals surface area contributed by atoms with Gasteiger partial charge in [0.25, 0.3) is 5.91 Å². The minimum absolute atomic E-state index is 0.0777. The Kier molecular flexibility index (Phi) is 3.78. The number of ether oxygens (including phenoxy) is 1. The monoisotopic (exact) mass is 321 g/mol. The molecule has 5 nitrogen and oxygen atoms in total. The van der Waals surface area contributed by atoms with Gasteiger partial charge in [0, 0.05) is 24.9 Å². The molecule has 0 spiro atoms. The molecule has 1 atom stereocenters. The lowest BCUT2D eigenvalue weighted by molar-refractivity contribution is -0.124. The van der Waals surface area contributed by atoms with Crippen LogP contribution in [-0.4, -0.2) is 28.2 Å². The fourth-order valence-corrected chi connectivity index (χ4v) is 3.13. The minimum atomic E-state index is -0.329. The van der Waals surface area contributed by atoms with Crippen molar-refractivity contribution in [2.75, 3.05) is 11.9 Å². The van der Waals surface area contributed by atoms with Gasteiger partial charge in [-0.05, 0) is 31.0 Å². The maximum absolute atomic E-state index is 12.2. The molecule has 1 aromatic heterocycles. The number of fused-ring (bicyclic) bond motifs is 1. The Labute approximate surface area is 140 Å². The number of imidazole rings is 1. The number of rotatable bonds is 3. The lowest BCUT2D eigenvalue weighted by Gasteiger charge is -2.10. The summed E-state index contributed by atoms with van der Waals surface area (Å²) >= 11 is 0. The molecule has 4 rings (SSSR count). The molecule has 122 valence electrons. The van der Waals surface area contributed by atoms with Gasteiger partial charge >= 0.3 is 0 Å². The SMILES string of the molecule is Cn1c(-c2ccccc2)nc2cc(NC(=O)C3CCCO3)ccc21. The van der Waals surface area contributed by atoms with E-state index in [-0.39, 0.29) is 12.0 Å². The third-order valence-electron chi connectivity index (χ3n) is 4.40. The molecule has 5 heteroatoms. The lowest BCUT2D eigenvalue weighted by atomic mass is 10.2. The first-order chi connectivity index (χ1) is 11.7. The molecular weight excluding hydrogens is 302 g/mol. The van der Waals surface area contributed by atoms with E-state index in [1.165, 1.54) is 0 Å². The molecular formula is C19H19N3O2. The summed E-state index contributed by atoms with van der Waals surface area (Å²) in [5, 5.41) is 2.93. The van der Waals surface area contributed by atoms with Gasteiger partial charge in [0.05, 0.1) is 11.0 Å². The summed E-state index contributed by atoms with van der Waals surface area (Å²) in [6.45, 7) is 0.664. The van der Waals surface area contributed by atoms with Crippen LogP contribution < -0.4 is 5.32 Å². The highest BCUT2D eigenvalue weighted by molar-refractivity contribution is 5.96. The third-order valence-corrected chi connectivity index (χ3v) is 4.40. The number of aryl methyl sites for hydroxylation is 1. The molecule has 2 heterocycles. The summed E-state index contributed by atoms with van der Waals surface area (Å²) in [6.07, 6.45) is 1.40. The first-order valence-corrected chi connectivity index (χ1v) is 8.17. The van der Waals surface area contributed by atoms with Crippen LogP contribution >= 0.6 is 0 Å². The van der Waals surface area contributed by atoms with Gasteiger partial charge in [-0.3, -0.25) is 4.79 Å². The first-order valence-electron chi connectivity index (χ1n) is 8.17. The average Bonchev–Trinajstić information content (AvgIpc) is 3.24. The highest BCUT2D eigenvalue weighted by Crippen LogP contribution is 2.26. The molecule has 0 saturated carbocycles. The zero-order chi connectivity index (χ0) is 16.5. The van der Waals surface area contributed by atoms with E-state index < -0.39 is 0 Å². The Morgan fingerprint density at radius 2 is 2.08 bits per heavy atom. The number of carbonyl (C=O) groups is 1. The van der Waals surface area contributed by atoms with E-state index in [9.17, 15) is 4.79 Å². The van der Waals surface area contributed by atoms with Crippen molar-refractivity contribution >= 4 is 22.6 Å². The van der Waals surface area contributed by atoms with Gasteiger partial charge in [0.1, 0.15) is 11.9 Å². The van der Waals surface area contributed by atoms with Crippen LogP contribution in [0.3, 0.4) is 0 Å². The second kappa shape index (κ2) is 6.09. The van der Waals surface area contributed by atoms with Crippen LogP contribution in [0.4, 0.5) is 5.69 Å². The first kappa shape index (κ1) is 14.9. The fourth-order valence-electron chi connectivity index (χ4n) is 3.13. The predicted octanol–water partition coefficient (Wildman–Crippen LogP) is 3.36. The number of amides is 1. The average molecular weight is 321 g/mol. The van der Waals surface area contributed by atoms with E-state index in [0.29, 0.717) is 6.61 Å².